The molecular formula is C3H11N3O. The molecule has 0 aliphatic heterocycles. The van der Waals surface area contributed by atoms with E-state index in [9.17, 15) is 0 Å². The highest BCUT2D eigenvalue weighted by molar-refractivity contribution is 4.28. The Balaban J connectivity index is 2.45. The normalized spacial score (nSPS) is 9.43. The van der Waals surface area contributed by atoms with Gasteiger partial charge in [-0.15, -0.1) is 0 Å². The van der Waals surface area contributed by atoms with Crippen molar-refractivity contribution < 1.29 is 5.11 Å². The number of aliphatic hydroxyl groups is 1. The second-order valence-electron chi connectivity index (χ2n) is 1.03. The molecule has 0 atom stereocenters. The summed E-state index contributed by atoms with van der Waals surface area (Å²) in [6, 6.07) is 0. The smallest absolute Gasteiger partial charge is 0.0570 e. The number of hydrogen-bond acceptors (Lipinski definition) is 4. The summed E-state index contributed by atoms with van der Waals surface area (Å²) >= 11 is 0. The van der Waals surface area contributed by atoms with Crippen molar-refractivity contribution in [3.8, 4) is 0 Å². The van der Waals surface area contributed by atoms with Crippen LogP contribution in [-0.4, -0.2) is 25.3 Å². The summed E-state index contributed by atoms with van der Waals surface area (Å²) in [6.07, 6.45) is 0. The lowest BCUT2D eigenvalue weighted by atomic mass is 10.7. The summed E-state index contributed by atoms with van der Waals surface area (Å²) in [7, 11) is 1.74. The Morgan fingerprint density at radius 3 is 2.71 bits per heavy atom. The van der Waals surface area contributed by atoms with Gasteiger partial charge in [0, 0.05) is 6.54 Å². The van der Waals surface area contributed by atoms with Crippen molar-refractivity contribution in [2.75, 3.05) is 20.2 Å². The Morgan fingerprint density at radius 1 is 1.57 bits per heavy atom. The lowest BCUT2D eigenvalue weighted by Gasteiger charge is -1.99. The summed E-state index contributed by atoms with van der Waals surface area (Å²) < 4.78 is 0. The van der Waals surface area contributed by atoms with Gasteiger partial charge in [-0.3, -0.25) is 0 Å². The molecular weight excluding hydrogens is 94.1 g/mol. The molecule has 0 unspecified atom stereocenters. The van der Waals surface area contributed by atoms with Crippen molar-refractivity contribution >= 4 is 0 Å². The summed E-state index contributed by atoms with van der Waals surface area (Å²) in [5, 5.41) is 8.16. The van der Waals surface area contributed by atoms with E-state index >= 15 is 0 Å². The maximum absolute atomic E-state index is 8.16. The zero-order chi connectivity index (χ0) is 5.54. The van der Waals surface area contributed by atoms with E-state index in [0.29, 0.717) is 6.54 Å². The van der Waals surface area contributed by atoms with Crippen LogP contribution in [0.15, 0.2) is 0 Å². The van der Waals surface area contributed by atoms with Crippen LogP contribution in [0.2, 0.25) is 0 Å². The SMILES string of the molecule is CNNNCCO. The van der Waals surface area contributed by atoms with E-state index in [4.69, 9.17) is 5.11 Å². The van der Waals surface area contributed by atoms with Gasteiger partial charge in [0.05, 0.1) is 6.61 Å². The minimum atomic E-state index is 0.147. The maximum Gasteiger partial charge on any atom is 0.0570 e. The first-order valence-electron chi connectivity index (χ1n) is 2.17. The van der Waals surface area contributed by atoms with Crippen LogP contribution in [0.3, 0.4) is 0 Å². The molecule has 0 spiro atoms. The molecule has 0 heterocycles. The standard InChI is InChI=1S/C3H11N3O/c1-4-6-5-2-3-7/h4-7H,2-3H2,1H3. The summed E-state index contributed by atoms with van der Waals surface area (Å²) in [5.74, 6) is 0. The summed E-state index contributed by atoms with van der Waals surface area (Å²) in [6.45, 7) is 0.704. The first-order valence-corrected chi connectivity index (χ1v) is 2.17. The van der Waals surface area contributed by atoms with Crippen LogP contribution in [0.4, 0.5) is 0 Å². The third-order valence-corrected chi connectivity index (χ3v) is 0.450. The predicted molar refractivity (Wildman–Crippen MR) is 27.3 cm³/mol. The molecule has 0 aliphatic carbocycles. The zero-order valence-electron chi connectivity index (χ0n) is 4.36. The maximum atomic E-state index is 8.16. The number of rotatable bonds is 4. The second-order valence-corrected chi connectivity index (χ2v) is 1.03. The zero-order valence-corrected chi connectivity index (χ0v) is 4.36. The quantitative estimate of drug-likeness (QED) is 0.252. The number of aliphatic hydroxyl groups excluding tert-OH is 1. The number of hydrogen-bond donors (Lipinski definition) is 4. The van der Waals surface area contributed by atoms with E-state index in [-0.39, 0.29) is 6.61 Å². The Bertz CT molecular complexity index is 29.4. The molecule has 4 N–H and O–H groups in total. The number of nitrogens with one attached hydrogen (secondary N) is 3. The molecule has 0 bridgehead atoms. The Hall–Kier alpha value is -0.160. The van der Waals surface area contributed by atoms with Gasteiger partial charge in [0.25, 0.3) is 0 Å². The first-order chi connectivity index (χ1) is 3.41. The van der Waals surface area contributed by atoms with Crippen LogP contribution in [0.5, 0.6) is 0 Å². The Kier molecular flexibility index (Phi) is 5.71. The molecule has 44 valence electrons. The van der Waals surface area contributed by atoms with Gasteiger partial charge in [-0.1, -0.05) is 0 Å². The molecule has 0 fully saturated rings. The molecule has 0 aliphatic rings. The van der Waals surface area contributed by atoms with E-state index < -0.39 is 0 Å². The topological polar surface area (TPSA) is 56.3 Å². The molecule has 0 radical (unpaired) electrons. The van der Waals surface area contributed by atoms with Crippen molar-refractivity contribution in [1.29, 1.82) is 0 Å². The van der Waals surface area contributed by atoms with Crippen LogP contribution in [0.25, 0.3) is 0 Å². The molecule has 0 amide bonds. The van der Waals surface area contributed by atoms with Crippen molar-refractivity contribution in [2.24, 2.45) is 0 Å². The number of hydrazine groups is 2. The average Bonchev–Trinajstić information content (AvgIpc) is 1.69. The lowest BCUT2D eigenvalue weighted by Crippen LogP contribution is -2.42. The van der Waals surface area contributed by atoms with Gasteiger partial charge in [-0.2, -0.15) is 5.53 Å². The fourth-order valence-electron chi connectivity index (χ4n) is 0.207. The molecule has 0 saturated carbocycles. The molecule has 7 heavy (non-hydrogen) atoms. The second kappa shape index (κ2) is 5.84. The van der Waals surface area contributed by atoms with Gasteiger partial charge in [-0.05, 0) is 7.05 Å². The predicted octanol–water partition coefficient (Wildman–Crippen LogP) is -1.79. The molecule has 0 aromatic carbocycles. The third-order valence-electron chi connectivity index (χ3n) is 0.450. The van der Waals surface area contributed by atoms with Gasteiger partial charge >= 0.3 is 0 Å². The van der Waals surface area contributed by atoms with Crippen molar-refractivity contribution in [3.05, 3.63) is 0 Å². The molecule has 0 aromatic rings. The van der Waals surface area contributed by atoms with E-state index in [2.05, 4.69) is 16.4 Å². The summed E-state index contributed by atoms with van der Waals surface area (Å²) in [5.41, 5.74) is 7.89. The van der Waals surface area contributed by atoms with Crippen LogP contribution in [0.1, 0.15) is 0 Å². The van der Waals surface area contributed by atoms with E-state index in [1.165, 1.54) is 0 Å². The minimum Gasteiger partial charge on any atom is -0.395 e. The minimum absolute atomic E-state index is 0.147. The lowest BCUT2D eigenvalue weighted by molar-refractivity contribution is 0.278. The molecule has 4 heteroatoms. The average molecular weight is 105 g/mol. The molecule has 0 rings (SSSR count). The fourth-order valence-corrected chi connectivity index (χ4v) is 0.207. The summed E-state index contributed by atoms with van der Waals surface area (Å²) in [4.78, 5) is 0. The van der Waals surface area contributed by atoms with Crippen LogP contribution in [0, 0.1) is 0 Å². The highest BCUT2D eigenvalue weighted by atomic mass is 16.3. The van der Waals surface area contributed by atoms with Crippen molar-refractivity contribution in [2.45, 2.75) is 0 Å². The monoisotopic (exact) mass is 105 g/mol. The van der Waals surface area contributed by atoms with Gasteiger partial charge < -0.3 is 5.11 Å². The van der Waals surface area contributed by atoms with Crippen LogP contribution >= 0.6 is 0 Å². The fraction of sp³-hybridized carbons (Fsp3) is 1.00. The van der Waals surface area contributed by atoms with E-state index in [1.807, 2.05) is 0 Å². The molecule has 4 nitrogen and oxygen atoms in total. The van der Waals surface area contributed by atoms with Crippen molar-refractivity contribution in [1.82, 2.24) is 16.4 Å². The van der Waals surface area contributed by atoms with Crippen molar-refractivity contribution in [3.63, 3.8) is 0 Å². The van der Waals surface area contributed by atoms with E-state index in [1.54, 1.807) is 7.05 Å². The first kappa shape index (κ1) is 6.84. The molecule has 0 saturated heterocycles. The van der Waals surface area contributed by atoms with Gasteiger partial charge in [0.2, 0.25) is 0 Å². The van der Waals surface area contributed by atoms with Gasteiger partial charge in [0.1, 0.15) is 0 Å². The van der Waals surface area contributed by atoms with Crippen LogP contribution in [-0.2, 0) is 0 Å². The largest absolute Gasteiger partial charge is 0.395 e. The van der Waals surface area contributed by atoms with Gasteiger partial charge in [-0.25, -0.2) is 10.9 Å². The highest BCUT2D eigenvalue weighted by Crippen LogP contribution is 1.43. The van der Waals surface area contributed by atoms with Gasteiger partial charge in [0.15, 0.2) is 0 Å². The molecule has 0 aromatic heterocycles. The Labute approximate surface area is 42.9 Å². The van der Waals surface area contributed by atoms with Crippen LogP contribution < -0.4 is 16.4 Å². The highest BCUT2D eigenvalue weighted by Gasteiger charge is 1.74. The third kappa shape index (κ3) is 5.84. The Morgan fingerprint density at radius 2 is 2.29 bits per heavy atom. The van der Waals surface area contributed by atoms with E-state index in [0.717, 1.165) is 0 Å².